The molecule has 3 heterocycles. The Morgan fingerprint density at radius 2 is 2.05 bits per heavy atom. The van der Waals surface area contributed by atoms with Crippen molar-refractivity contribution < 1.29 is 23.2 Å². The summed E-state index contributed by atoms with van der Waals surface area (Å²) in [6, 6.07) is 10.4. The number of nitrogens with one attached hydrogen (secondary N) is 2. The van der Waals surface area contributed by atoms with E-state index >= 15 is 0 Å². The van der Waals surface area contributed by atoms with Crippen molar-refractivity contribution in [1.29, 1.82) is 5.26 Å². The van der Waals surface area contributed by atoms with Crippen LogP contribution in [-0.2, 0) is 22.7 Å². The van der Waals surface area contributed by atoms with Gasteiger partial charge in [0.25, 0.3) is 0 Å². The molecular weight excluding hydrogens is 566 g/mol. The minimum Gasteiger partial charge on any atom is -0.350 e. The summed E-state index contributed by atoms with van der Waals surface area (Å²) in [6.07, 6.45) is 1.47. The molecule has 0 radical (unpaired) electrons. The summed E-state index contributed by atoms with van der Waals surface area (Å²) >= 11 is 5.80. The molecule has 0 bridgehead atoms. The quantitative estimate of drug-likeness (QED) is 0.261. The molecule has 0 saturated carbocycles. The molecule has 212 valence electrons. The Bertz CT molecular complexity index is 1830. The summed E-state index contributed by atoms with van der Waals surface area (Å²) in [4.78, 5) is 39.9. The van der Waals surface area contributed by atoms with Crippen molar-refractivity contribution in [3.8, 4) is 17.9 Å². The second kappa shape index (κ2) is 11.9. The highest BCUT2D eigenvalue weighted by molar-refractivity contribution is 6.30. The molecular formula is C30H23ClF2N6O3. The van der Waals surface area contributed by atoms with Gasteiger partial charge in [0.05, 0.1) is 17.1 Å². The van der Waals surface area contributed by atoms with E-state index in [1.165, 1.54) is 30.2 Å². The number of hydrogen-bond acceptors (Lipinski definition) is 5. The highest BCUT2D eigenvalue weighted by atomic mass is 35.5. The molecule has 2 atom stereocenters. The van der Waals surface area contributed by atoms with E-state index in [1.807, 2.05) is 6.07 Å². The van der Waals surface area contributed by atoms with Gasteiger partial charge in [0.15, 0.2) is 11.5 Å². The zero-order chi connectivity index (χ0) is 30.0. The zero-order valence-electron chi connectivity index (χ0n) is 22.2. The van der Waals surface area contributed by atoms with E-state index in [1.54, 1.807) is 35.0 Å². The summed E-state index contributed by atoms with van der Waals surface area (Å²) in [5.74, 6) is 3.82. The van der Waals surface area contributed by atoms with Gasteiger partial charge in [-0.2, -0.15) is 10.4 Å². The molecule has 9 nitrogen and oxygen atoms in total. The number of halogens is 3. The number of Topliss-reactive ketones (excluding diaryl/α,β-unsaturated/α-hetero) is 1. The van der Waals surface area contributed by atoms with Crippen molar-refractivity contribution in [2.24, 2.45) is 0 Å². The maximum Gasteiger partial charge on any atom is 0.243 e. The Hall–Kier alpha value is -5.00. The van der Waals surface area contributed by atoms with E-state index in [0.29, 0.717) is 27.6 Å². The molecule has 12 heteroatoms. The fourth-order valence-electron chi connectivity index (χ4n) is 4.93. The Morgan fingerprint density at radius 3 is 2.81 bits per heavy atom. The number of H-pyrrole nitrogens is 1. The van der Waals surface area contributed by atoms with Crippen molar-refractivity contribution in [2.45, 2.75) is 38.6 Å². The van der Waals surface area contributed by atoms with Crippen LogP contribution in [0.15, 0.2) is 48.8 Å². The predicted octanol–water partition coefficient (Wildman–Crippen LogP) is 3.89. The highest BCUT2D eigenvalue weighted by Gasteiger charge is 2.39. The Balaban J connectivity index is 1.36. The van der Waals surface area contributed by atoms with Gasteiger partial charge in [-0.05, 0) is 31.2 Å². The maximum absolute atomic E-state index is 14.5. The first-order chi connectivity index (χ1) is 20.2. The molecule has 1 saturated heterocycles. The Morgan fingerprint density at radius 1 is 1.24 bits per heavy atom. The number of nitriles is 1. The second-order valence-electron chi connectivity index (χ2n) is 9.79. The number of alkyl halides is 1. The lowest BCUT2D eigenvalue weighted by atomic mass is 10.1. The number of aromatic nitrogens is 3. The minimum atomic E-state index is -1.40. The average Bonchev–Trinajstić information content (AvgIpc) is 3.69. The van der Waals surface area contributed by atoms with E-state index in [2.05, 4.69) is 27.4 Å². The van der Waals surface area contributed by atoms with E-state index in [9.17, 15) is 23.2 Å². The van der Waals surface area contributed by atoms with Crippen LogP contribution in [0.3, 0.4) is 0 Å². The lowest BCUT2D eigenvalue weighted by molar-refractivity contribution is -0.139. The van der Waals surface area contributed by atoms with Crippen molar-refractivity contribution >= 4 is 40.1 Å². The molecule has 1 fully saturated rings. The first kappa shape index (κ1) is 28.5. The molecule has 4 aromatic rings. The van der Waals surface area contributed by atoms with Crippen LogP contribution in [0.2, 0.25) is 5.02 Å². The molecule has 2 N–H and O–H groups in total. The summed E-state index contributed by atoms with van der Waals surface area (Å²) in [5, 5.41) is 18.6. The molecule has 1 aliphatic heterocycles. The second-order valence-corrected chi connectivity index (χ2v) is 10.2. The summed E-state index contributed by atoms with van der Waals surface area (Å²) < 4.78 is 30.3. The number of likely N-dealkylation sites (tertiary alicyclic amines) is 1. The third kappa shape index (κ3) is 5.73. The zero-order valence-corrected chi connectivity index (χ0v) is 23.0. The van der Waals surface area contributed by atoms with Crippen LogP contribution in [-0.4, -0.2) is 56.0 Å². The number of carbonyl (C=O) groups excluding carboxylic acids is 3. The van der Waals surface area contributed by atoms with Gasteiger partial charge in [-0.1, -0.05) is 35.6 Å². The minimum absolute atomic E-state index is 0.0858. The monoisotopic (exact) mass is 588 g/mol. The molecule has 5 rings (SSSR count). The fraction of sp³-hybridized carbons (Fsp3) is 0.233. The van der Waals surface area contributed by atoms with Crippen LogP contribution in [0, 0.1) is 29.0 Å². The molecule has 0 aliphatic carbocycles. The van der Waals surface area contributed by atoms with Crippen LogP contribution in [0.5, 0.6) is 0 Å². The maximum atomic E-state index is 14.5. The van der Waals surface area contributed by atoms with E-state index < -0.39 is 29.8 Å². The number of amides is 2. The number of aromatic amines is 1. The fourth-order valence-corrected chi connectivity index (χ4v) is 5.12. The van der Waals surface area contributed by atoms with Gasteiger partial charge in [0.2, 0.25) is 11.8 Å². The van der Waals surface area contributed by atoms with Gasteiger partial charge in [-0.15, -0.1) is 0 Å². The first-order valence-electron chi connectivity index (χ1n) is 12.9. The largest absolute Gasteiger partial charge is 0.350 e. The summed E-state index contributed by atoms with van der Waals surface area (Å²) in [5.41, 5.74) is 2.28. The van der Waals surface area contributed by atoms with Crippen LogP contribution in [0.1, 0.15) is 46.1 Å². The molecule has 42 heavy (non-hydrogen) atoms. The third-order valence-electron chi connectivity index (χ3n) is 7.01. The standard InChI is InChI=1S/C30H23ClF2N6O3/c1-17(40)23-15-38(26-8-6-18(9-22(23)26)5-7-19-13-36-37-25(19)11-34)16-28(41)39-14-21(32)10-27(39)30(42)35-12-20-3-2-4-24(31)29(20)33/h2-4,6,8-9,13,15,21,27H,10,12,14,16H2,1H3,(H,35,42)(H,36,37)/t21-,27+/m1/s1. The number of rotatable bonds is 6. The van der Waals surface area contributed by atoms with E-state index in [-0.39, 0.29) is 48.1 Å². The number of benzene rings is 2. The smallest absolute Gasteiger partial charge is 0.243 e. The molecule has 2 aromatic heterocycles. The summed E-state index contributed by atoms with van der Waals surface area (Å²) in [6.45, 7) is 0.726. The molecule has 0 spiro atoms. The molecule has 1 aliphatic rings. The van der Waals surface area contributed by atoms with Crippen LogP contribution in [0.25, 0.3) is 10.9 Å². The number of fused-ring (bicyclic) bond motifs is 1. The lowest BCUT2D eigenvalue weighted by Crippen LogP contribution is -2.46. The van der Waals surface area contributed by atoms with E-state index in [4.69, 9.17) is 16.9 Å². The van der Waals surface area contributed by atoms with Gasteiger partial charge in [0.1, 0.15) is 30.6 Å². The van der Waals surface area contributed by atoms with Gasteiger partial charge in [0, 0.05) is 53.0 Å². The van der Waals surface area contributed by atoms with Crippen molar-refractivity contribution in [2.75, 3.05) is 6.54 Å². The third-order valence-corrected chi connectivity index (χ3v) is 7.30. The SMILES string of the molecule is CC(=O)c1cn(CC(=O)N2C[C@H](F)C[C@H]2C(=O)NCc2cccc(Cl)c2F)c2ccc(C#Cc3c[nH]nc3C#N)cc12. The van der Waals surface area contributed by atoms with Crippen LogP contribution < -0.4 is 5.32 Å². The van der Waals surface area contributed by atoms with Crippen LogP contribution in [0.4, 0.5) is 8.78 Å². The lowest BCUT2D eigenvalue weighted by Gasteiger charge is -2.24. The normalized spacial score (nSPS) is 16.1. The average molecular weight is 589 g/mol. The van der Waals surface area contributed by atoms with E-state index in [0.717, 1.165) is 0 Å². The summed E-state index contributed by atoms with van der Waals surface area (Å²) in [7, 11) is 0. The van der Waals surface area contributed by atoms with Gasteiger partial charge in [-0.25, -0.2) is 8.78 Å². The highest BCUT2D eigenvalue weighted by Crippen LogP contribution is 2.26. The number of ketones is 1. The first-order valence-corrected chi connectivity index (χ1v) is 13.3. The number of carbonyl (C=O) groups is 3. The molecule has 0 unspecified atom stereocenters. The van der Waals surface area contributed by atoms with Crippen molar-refractivity contribution in [3.63, 3.8) is 0 Å². The Labute approximate surface area is 244 Å². The number of nitrogens with zero attached hydrogens (tertiary/aromatic N) is 4. The number of hydrogen-bond donors (Lipinski definition) is 2. The Kier molecular flexibility index (Phi) is 8.05. The molecule has 2 aromatic carbocycles. The van der Waals surface area contributed by atoms with Crippen molar-refractivity contribution in [1.82, 2.24) is 25.0 Å². The van der Waals surface area contributed by atoms with Crippen LogP contribution >= 0.6 is 11.6 Å². The van der Waals surface area contributed by atoms with Gasteiger partial charge in [-0.3, -0.25) is 19.5 Å². The van der Waals surface area contributed by atoms with Gasteiger partial charge >= 0.3 is 0 Å². The van der Waals surface area contributed by atoms with Crippen molar-refractivity contribution in [3.05, 3.63) is 87.6 Å². The topological polar surface area (TPSA) is 124 Å². The molecule has 2 amide bonds. The van der Waals surface area contributed by atoms with Gasteiger partial charge < -0.3 is 14.8 Å². The predicted molar refractivity (Wildman–Crippen MR) is 149 cm³/mol.